The molecule has 0 bridgehead atoms. The van der Waals surface area contributed by atoms with Crippen LogP contribution in [0.15, 0.2) is 30.3 Å². The zero-order valence-corrected chi connectivity index (χ0v) is 41.6. The van der Waals surface area contributed by atoms with Crippen LogP contribution >= 0.6 is 0 Å². The molecular weight excluding hydrogens is 927 g/mol. The minimum atomic E-state index is -1.59. The molecule has 71 heavy (non-hydrogen) atoms. The number of aliphatic carboxylic acids is 2. The zero-order valence-electron chi connectivity index (χ0n) is 41.6. The van der Waals surface area contributed by atoms with Crippen LogP contribution in [0.1, 0.15) is 105 Å². The Balaban J connectivity index is 1.78. The normalized spacial score (nSPS) is 18.6. The molecular formula is C48H75N9O14. The second kappa shape index (κ2) is 28.6. The van der Waals surface area contributed by atoms with Gasteiger partial charge in [0.25, 0.3) is 0 Å². The lowest BCUT2D eigenvalue weighted by Crippen LogP contribution is -2.60. The zero-order chi connectivity index (χ0) is 53.1. The quantitative estimate of drug-likeness (QED) is 0.0456. The fraction of sp³-hybridized carbons (Fsp3) is 0.667. The second-order valence-corrected chi connectivity index (χ2v) is 19.6. The maximum Gasteiger partial charge on any atom is 0.326 e. The largest absolute Gasteiger partial charge is 0.481 e. The van der Waals surface area contributed by atoms with E-state index in [9.17, 15) is 68.4 Å². The number of nitrogens with one attached hydrogen (secondary N) is 6. The van der Waals surface area contributed by atoms with Crippen LogP contribution in [0.2, 0.25) is 0 Å². The molecule has 2 saturated heterocycles. The van der Waals surface area contributed by atoms with Crippen molar-refractivity contribution in [3.8, 4) is 0 Å². The predicted octanol–water partition coefficient (Wildman–Crippen LogP) is -1.48. The van der Waals surface area contributed by atoms with E-state index in [0.717, 1.165) is 0 Å². The highest BCUT2D eigenvalue weighted by molar-refractivity contribution is 5.98. The first kappa shape index (κ1) is 59.1. The Kier molecular flexibility index (Phi) is 23.8. The number of carbonyl (C=O) groups is 10. The molecule has 2 heterocycles. The molecule has 8 amide bonds. The van der Waals surface area contributed by atoms with Gasteiger partial charge >= 0.3 is 11.9 Å². The summed E-state index contributed by atoms with van der Waals surface area (Å²) in [6, 6.07) is -3.03. The van der Waals surface area contributed by atoms with E-state index >= 15 is 0 Å². The molecule has 1 aromatic carbocycles. The topological polar surface area (TPSA) is 356 Å². The van der Waals surface area contributed by atoms with Crippen molar-refractivity contribution in [2.75, 3.05) is 26.3 Å². The smallest absolute Gasteiger partial charge is 0.326 e. The number of aliphatic hydroxyl groups excluding tert-OH is 2. The van der Waals surface area contributed by atoms with E-state index in [4.69, 9.17) is 5.73 Å². The Morgan fingerprint density at radius 2 is 1.04 bits per heavy atom. The van der Waals surface area contributed by atoms with Crippen LogP contribution in [0.25, 0.3) is 0 Å². The molecule has 12 N–H and O–H groups in total. The van der Waals surface area contributed by atoms with Gasteiger partial charge < -0.3 is 67.9 Å². The molecule has 2 fully saturated rings. The summed E-state index contributed by atoms with van der Waals surface area (Å²) in [5.41, 5.74) is 6.32. The summed E-state index contributed by atoms with van der Waals surface area (Å²) in [5.74, 6) is -9.09. The Hall–Kier alpha value is -6.20. The number of carboxylic acid groups (broad SMARTS) is 2. The number of aliphatic hydroxyl groups is 2. The third-order valence-electron chi connectivity index (χ3n) is 12.2. The van der Waals surface area contributed by atoms with Crippen LogP contribution in [-0.4, -0.2) is 170 Å². The van der Waals surface area contributed by atoms with Gasteiger partial charge in [0.1, 0.15) is 54.4 Å². The Labute approximate surface area is 414 Å². The average Bonchev–Trinajstić information content (AvgIpc) is 4.01. The van der Waals surface area contributed by atoms with Crippen LogP contribution in [0.4, 0.5) is 0 Å². The molecule has 0 aromatic heterocycles. The van der Waals surface area contributed by atoms with Gasteiger partial charge in [-0.3, -0.25) is 43.2 Å². The van der Waals surface area contributed by atoms with E-state index in [0.29, 0.717) is 18.4 Å². The highest BCUT2D eigenvalue weighted by Crippen LogP contribution is 2.26. The minimum absolute atomic E-state index is 0.0523. The fourth-order valence-electron chi connectivity index (χ4n) is 8.58. The standard InChI is InChI=1S/C48H75N9O14/c1-26(2)20-32(41(63)52-33(21-27(3)4)42(64)54-35(48(70)71)22-28(5)6)53-44(66)36(25-59)55-45(67)37-14-10-18-56(37)47(69)38-15-11-19-57(38)46(68)31(16-17-39(60)61)50-43(65)34(51-40(62)30(49)24-58)23-29-12-8-7-9-13-29/h7-9,12-13,26-28,30-38,58-59H,10-11,14-25,49H2,1-6H3,(H,50,65)(H,51,62)(H,52,63)(H,53,66)(H,54,64)(H,55,67)(H,60,61)(H,70,71)/t30-,31-,32-,33-,34-,35-,36-,37-,38-/m0/s1. The van der Waals surface area contributed by atoms with Gasteiger partial charge in [0.2, 0.25) is 47.3 Å². The summed E-state index contributed by atoms with van der Waals surface area (Å²) in [6.07, 6.45) is 0.427. The van der Waals surface area contributed by atoms with E-state index < -0.39 is 133 Å². The Morgan fingerprint density at radius 1 is 0.577 bits per heavy atom. The SMILES string of the molecule is CC(C)C[C@H](NC(=O)[C@H](CC(C)C)NC(=O)[C@H](CC(C)C)NC(=O)[C@H](CO)NC(=O)[C@@H]1CCCN1C(=O)[C@@H]1CCCN1C(=O)[C@H](CCC(=O)O)NC(=O)[C@H](Cc1ccccc1)NC(=O)[C@@H](N)CO)C(=O)O. The number of benzene rings is 1. The van der Waals surface area contributed by atoms with Gasteiger partial charge in [0.15, 0.2) is 0 Å². The van der Waals surface area contributed by atoms with Gasteiger partial charge in [0, 0.05) is 25.9 Å². The number of hydrogen-bond acceptors (Lipinski definition) is 13. The van der Waals surface area contributed by atoms with Gasteiger partial charge in [-0.05, 0) is 74.7 Å². The number of carboxylic acids is 2. The first-order valence-electron chi connectivity index (χ1n) is 24.4. The van der Waals surface area contributed by atoms with Gasteiger partial charge in [-0.1, -0.05) is 71.9 Å². The molecule has 2 aliphatic heterocycles. The van der Waals surface area contributed by atoms with Crippen molar-refractivity contribution >= 4 is 59.2 Å². The number of carbonyl (C=O) groups excluding carboxylic acids is 8. The molecule has 1 aromatic rings. The molecule has 0 aliphatic carbocycles. The van der Waals surface area contributed by atoms with Gasteiger partial charge in [-0.15, -0.1) is 0 Å². The highest BCUT2D eigenvalue weighted by atomic mass is 16.4. The molecule has 0 spiro atoms. The molecule has 23 nitrogen and oxygen atoms in total. The van der Waals surface area contributed by atoms with Crippen LogP contribution in [0.5, 0.6) is 0 Å². The predicted molar refractivity (Wildman–Crippen MR) is 256 cm³/mol. The number of hydrogen-bond donors (Lipinski definition) is 11. The van der Waals surface area contributed by atoms with Crippen molar-refractivity contribution in [2.24, 2.45) is 23.5 Å². The van der Waals surface area contributed by atoms with E-state index in [2.05, 4.69) is 31.9 Å². The van der Waals surface area contributed by atoms with Crippen LogP contribution in [0, 0.1) is 17.8 Å². The van der Waals surface area contributed by atoms with Crippen molar-refractivity contribution in [3.05, 3.63) is 35.9 Å². The summed E-state index contributed by atoms with van der Waals surface area (Å²) in [4.78, 5) is 136. The minimum Gasteiger partial charge on any atom is -0.481 e. The first-order valence-corrected chi connectivity index (χ1v) is 24.4. The molecule has 0 unspecified atom stereocenters. The lowest BCUT2D eigenvalue weighted by Gasteiger charge is -2.33. The molecule has 9 atom stereocenters. The van der Waals surface area contributed by atoms with Gasteiger partial charge in [-0.2, -0.15) is 0 Å². The van der Waals surface area contributed by atoms with Crippen LogP contribution in [-0.2, 0) is 54.4 Å². The van der Waals surface area contributed by atoms with E-state index in [1.165, 1.54) is 9.80 Å². The third kappa shape index (κ3) is 18.5. The van der Waals surface area contributed by atoms with Crippen LogP contribution < -0.4 is 37.6 Å². The lowest BCUT2D eigenvalue weighted by atomic mass is 9.99. The third-order valence-corrected chi connectivity index (χ3v) is 12.2. The van der Waals surface area contributed by atoms with E-state index in [1.807, 2.05) is 13.8 Å². The number of nitrogens with two attached hydrogens (primary N) is 1. The molecule has 23 heteroatoms. The van der Waals surface area contributed by atoms with Crippen molar-refractivity contribution in [2.45, 2.75) is 160 Å². The van der Waals surface area contributed by atoms with Crippen molar-refractivity contribution in [3.63, 3.8) is 0 Å². The van der Waals surface area contributed by atoms with Crippen molar-refractivity contribution < 1.29 is 68.4 Å². The van der Waals surface area contributed by atoms with E-state index in [-0.39, 0.29) is 75.8 Å². The average molecular weight is 1000 g/mol. The Bertz CT molecular complexity index is 2020. The number of likely N-dealkylation sites (tertiary alicyclic amines) is 2. The second-order valence-electron chi connectivity index (χ2n) is 19.6. The van der Waals surface area contributed by atoms with Gasteiger partial charge in [0.05, 0.1) is 13.2 Å². The maximum atomic E-state index is 14.3. The molecule has 2 aliphatic rings. The summed E-state index contributed by atoms with van der Waals surface area (Å²) < 4.78 is 0. The van der Waals surface area contributed by atoms with Crippen LogP contribution in [0.3, 0.4) is 0 Å². The summed E-state index contributed by atoms with van der Waals surface area (Å²) in [7, 11) is 0. The molecule has 0 radical (unpaired) electrons. The number of rotatable bonds is 28. The summed E-state index contributed by atoms with van der Waals surface area (Å²) in [6.45, 7) is 9.35. The molecule has 396 valence electrons. The summed E-state index contributed by atoms with van der Waals surface area (Å²) >= 11 is 0. The maximum absolute atomic E-state index is 14.3. The number of amides is 8. The monoisotopic (exact) mass is 1000 g/mol. The molecule has 3 rings (SSSR count). The first-order chi connectivity index (χ1) is 33.5. The van der Waals surface area contributed by atoms with Crippen molar-refractivity contribution in [1.82, 2.24) is 41.7 Å². The number of nitrogens with zero attached hydrogens (tertiary/aromatic N) is 2. The summed E-state index contributed by atoms with van der Waals surface area (Å²) in [5, 5.41) is 54.3. The van der Waals surface area contributed by atoms with Gasteiger partial charge in [-0.25, -0.2) is 4.79 Å². The van der Waals surface area contributed by atoms with E-state index in [1.54, 1.807) is 58.0 Å². The highest BCUT2D eigenvalue weighted by Gasteiger charge is 2.45. The molecule has 0 saturated carbocycles. The fourth-order valence-corrected chi connectivity index (χ4v) is 8.58. The van der Waals surface area contributed by atoms with Crippen molar-refractivity contribution in [1.29, 1.82) is 0 Å². The lowest BCUT2D eigenvalue weighted by molar-refractivity contribution is -0.148. The Morgan fingerprint density at radius 3 is 1.55 bits per heavy atom.